The molecule has 0 radical (unpaired) electrons. The number of hydrogen-bond acceptors (Lipinski definition) is 4. The summed E-state index contributed by atoms with van der Waals surface area (Å²) in [6.45, 7) is 4.41. The van der Waals surface area contributed by atoms with Crippen molar-refractivity contribution in [2.75, 3.05) is 6.54 Å². The molecule has 1 heterocycles. The number of hydrogen-bond donors (Lipinski definition) is 0. The Morgan fingerprint density at radius 1 is 1.19 bits per heavy atom. The molecular weight excluding hydrogens is 421 g/mol. The molecule has 0 bridgehead atoms. The molecule has 138 valence electrons. The van der Waals surface area contributed by atoms with Crippen molar-refractivity contribution in [1.82, 2.24) is 4.90 Å². The van der Waals surface area contributed by atoms with Gasteiger partial charge in [0.25, 0.3) is 5.91 Å². The minimum Gasteiger partial charge on any atom is -0.489 e. The van der Waals surface area contributed by atoms with E-state index in [1.165, 1.54) is 16.7 Å². The van der Waals surface area contributed by atoms with E-state index in [9.17, 15) is 4.79 Å². The topological polar surface area (TPSA) is 29.5 Å². The monoisotopic (exact) mass is 435 g/mol. The van der Waals surface area contributed by atoms with Crippen LogP contribution in [0.5, 0.6) is 5.75 Å². The van der Waals surface area contributed by atoms with Gasteiger partial charge in [-0.2, -0.15) is 0 Å². The summed E-state index contributed by atoms with van der Waals surface area (Å²) < 4.78 is 6.31. The number of halogens is 2. The summed E-state index contributed by atoms with van der Waals surface area (Å²) in [7, 11) is 0. The highest BCUT2D eigenvalue weighted by Gasteiger charge is 2.30. The van der Waals surface area contributed by atoms with E-state index in [2.05, 4.69) is 6.58 Å². The maximum Gasteiger partial charge on any atom is 0.266 e. The summed E-state index contributed by atoms with van der Waals surface area (Å²) in [5, 5.41) is 1.16. The fourth-order valence-electron chi connectivity index (χ4n) is 2.40. The van der Waals surface area contributed by atoms with Crippen molar-refractivity contribution in [2.45, 2.75) is 6.61 Å². The van der Waals surface area contributed by atoms with Crippen molar-refractivity contribution >= 4 is 63.5 Å². The average molecular weight is 436 g/mol. The van der Waals surface area contributed by atoms with E-state index in [1.54, 1.807) is 18.2 Å². The first-order valence-corrected chi connectivity index (χ1v) is 9.99. The SMILES string of the molecule is C=CCN1C(=O)C(=Cc2ccc(OCc3ccc(Cl)cc3Cl)cc2)SC1=S. The molecule has 0 aromatic heterocycles. The molecule has 2 aromatic carbocycles. The number of thiocarbonyl (C=S) groups is 1. The molecule has 7 heteroatoms. The summed E-state index contributed by atoms with van der Waals surface area (Å²) >= 11 is 18.6. The van der Waals surface area contributed by atoms with Gasteiger partial charge in [-0.3, -0.25) is 9.69 Å². The van der Waals surface area contributed by atoms with Gasteiger partial charge in [0, 0.05) is 22.2 Å². The molecular formula is C20H15Cl2NO2S2. The molecule has 0 N–H and O–H groups in total. The van der Waals surface area contributed by atoms with Crippen LogP contribution in [0.4, 0.5) is 0 Å². The summed E-state index contributed by atoms with van der Waals surface area (Å²) in [4.78, 5) is 14.5. The summed E-state index contributed by atoms with van der Waals surface area (Å²) in [6.07, 6.45) is 3.48. The van der Waals surface area contributed by atoms with Gasteiger partial charge in [-0.25, -0.2) is 0 Å². The lowest BCUT2D eigenvalue weighted by atomic mass is 10.2. The highest BCUT2D eigenvalue weighted by atomic mass is 35.5. The Morgan fingerprint density at radius 2 is 1.93 bits per heavy atom. The van der Waals surface area contributed by atoms with E-state index in [-0.39, 0.29) is 5.91 Å². The van der Waals surface area contributed by atoms with Crippen LogP contribution in [-0.4, -0.2) is 21.7 Å². The van der Waals surface area contributed by atoms with Gasteiger partial charge in [-0.15, -0.1) is 6.58 Å². The van der Waals surface area contributed by atoms with Gasteiger partial charge in [0.15, 0.2) is 0 Å². The third kappa shape index (κ3) is 4.93. The van der Waals surface area contributed by atoms with Gasteiger partial charge < -0.3 is 4.74 Å². The van der Waals surface area contributed by atoms with Crippen molar-refractivity contribution in [3.63, 3.8) is 0 Å². The summed E-state index contributed by atoms with van der Waals surface area (Å²) in [6, 6.07) is 12.8. The van der Waals surface area contributed by atoms with Crippen LogP contribution < -0.4 is 4.74 Å². The lowest BCUT2D eigenvalue weighted by Gasteiger charge is -2.10. The zero-order valence-electron chi connectivity index (χ0n) is 14.2. The second-order valence-electron chi connectivity index (χ2n) is 5.67. The number of benzene rings is 2. The van der Waals surface area contributed by atoms with Crippen LogP contribution >= 0.6 is 47.2 Å². The molecule has 3 rings (SSSR count). The van der Waals surface area contributed by atoms with Gasteiger partial charge in [0.2, 0.25) is 0 Å². The molecule has 1 aliphatic heterocycles. The fourth-order valence-corrected chi connectivity index (χ4v) is 4.14. The Hall–Kier alpha value is -1.79. The van der Waals surface area contributed by atoms with Crippen LogP contribution in [0.3, 0.4) is 0 Å². The van der Waals surface area contributed by atoms with Crippen molar-refractivity contribution in [2.24, 2.45) is 0 Å². The van der Waals surface area contributed by atoms with Gasteiger partial charge >= 0.3 is 0 Å². The van der Waals surface area contributed by atoms with Gasteiger partial charge in [-0.1, -0.05) is 71.5 Å². The number of carbonyl (C=O) groups is 1. The molecule has 0 spiro atoms. The smallest absolute Gasteiger partial charge is 0.266 e. The normalized spacial score (nSPS) is 15.5. The lowest BCUT2D eigenvalue weighted by Crippen LogP contribution is -2.27. The molecule has 0 aliphatic carbocycles. The zero-order valence-corrected chi connectivity index (χ0v) is 17.3. The molecule has 27 heavy (non-hydrogen) atoms. The Balaban J connectivity index is 1.66. The van der Waals surface area contributed by atoms with Crippen molar-refractivity contribution in [1.29, 1.82) is 0 Å². The van der Waals surface area contributed by atoms with E-state index < -0.39 is 0 Å². The largest absolute Gasteiger partial charge is 0.489 e. The molecule has 0 atom stereocenters. The van der Waals surface area contributed by atoms with Crippen LogP contribution in [0, 0.1) is 0 Å². The quantitative estimate of drug-likeness (QED) is 0.318. The second kappa shape index (κ2) is 8.93. The first kappa shape index (κ1) is 20.0. The zero-order chi connectivity index (χ0) is 19.4. The Kier molecular flexibility index (Phi) is 6.60. The van der Waals surface area contributed by atoms with Crippen LogP contribution in [0.25, 0.3) is 6.08 Å². The third-order valence-corrected chi connectivity index (χ3v) is 5.74. The van der Waals surface area contributed by atoms with Gasteiger partial charge in [-0.05, 0) is 35.9 Å². The summed E-state index contributed by atoms with van der Waals surface area (Å²) in [5.74, 6) is 0.611. The minimum atomic E-state index is -0.0948. The average Bonchev–Trinajstić information content (AvgIpc) is 2.90. The minimum absolute atomic E-state index is 0.0948. The Labute approximate surface area is 177 Å². The van der Waals surface area contributed by atoms with Crippen LogP contribution in [0.15, 0.2) is 60.0 Å². The molecule has 1 aliphatic rings. The second-order valence-corrected chi connectivity index (χ2v) is 8.19. The Bertz CT molecular complexity index is 926. The first-order valence-electron chi connectivity index (χ1n) is 8.01. The molecule has 2 aromatic rings. The highest BCUT2D eigenvalue weighted by Crippen LogP contribution is 2.32. The van der Waals surface area contributed by atoms with Gasteiger partial charge in [0.05, 0.1) is 4.91 Å². The van der Waals surface area contributed by atoms with Gasteiger partial charge in [0.1, 0.15) is 16.7 Å². The van der Waals surface area contributed by atoms with E-state index in [4.69, 9.17) is 40.2 Å². The van der Waals surface area contributed by atoms with Crippen molar-refractivity contribution in [3.8, 4) is 5.75 Å². The highest BCUT2D eigenvalue weighted by molar-refractivity contribution is 8.26. The first-order chi connectivity index (χ1) is 13.0. The summed E-state index contributed by atoms with van der Waals surface area (Å²) in [5.41, 5.74) is 1.75. The number of carbonyl (C=O) groups excluding carboxylic acids is 1. The van der Waals surface area contributed by atoms with Crippen LogP contribution in [0.2, 0.25) is 10.0 Å². The molecule has 1 fully saturated rings. The van der Waals surface area contributed by atoms with E-state index in [0.717, 1.165) is 11.1 Å². The lowest BCUT2D eigenvalue weighted by molar-refractivity contribution is -0.121. The standard InChI is InChI=1S/C20H15Cl2NO2S2/c1-2-9-23-19(24)18(27-20(23)26)10-13-3-7-16(8-4-13)25-12-14-5-6-15(21)11-17(14)22/h2-8,10-11H,1,9,12H2. The van der Waals surface area contributed by atoms with Crippen molar-refractivity contribution < 1.29 is 9.53 Å². The van der Waals surface area contributed by atoms with E-state index in [0.29, 0.717) is 38.2 Å². The van der Waals surface area contributed by atoms with Crippen molar-refractivity contribution in [3.05, 3.63) is 81.2 Å². The predicted molar refractivity (Wildman–Crippen MR) is 117 cm³/mol. The van der Waals surface area contributed by atoms with E-state index >= 15 is 0 Å². The maximum absolute atomic E-state index is 12.3. The number of amides is 1. The molecule has 1 saturated heterocycles. The van der Waals surface area contributed by atoms with E-state index in [1.807, 2.05) is 36.4 Å². The molecule has 0 saturated carbocycles. The van der Waals surface area contributed by atoms with Crippen LogP contribution in [-0.2, 0) is 11.4 Å². The van der Waals surface area contributed by atoms with Crippen LogP contribution in [0.1, 0.15) is 11.1 Å². The maximum atomic E-state index is 12.3. The fraction of sp³-hybridized carbons (Fsp3) is 0.100. The molecule has 3 nitrogen and oxygen atoms in total. The third-order valence-electron chi connectivity index (χ3n) is 3.77. The number of thioether (sulfide) groups is 1. The Morgan fingerprint density at radius 3 is 2.59 bits per heavy atom. The number of rotatable bonds is 6. The number of nitrogens with zero attached hydrogens (tertiary/aromatic N) is 1. The number of ether oxygens (including phenoxy) is 1. The molecule has 0 unspecified atom stereocenters. The predicted octanol–water partition coefficient (Wildman–Crippen LogP) is 5.96. The molecule has 1 amide bonds.